The summed E-state index contributed by atoms with van der Waals surface area (Å²) < 4.78 is 5.06. The Morgan fingerprint density at radius 2 is 1.65 bits per heavy atom. The SMILES string of the molecule is CCN(CC)C(=O)N1CCN(C(=O)C(CN)OC)CC1. The van der Waals surface area contributed by atoms with Crippen LogP contribution in [-0.2, 0) is 9.53 Å². The van der Waals surface area contributed by atoms with E-state index in [1.165, 1.54) is 7.11 Å². The lowest BCUT2D eigenvalue weighted by atomic mass is 10.2. The molecule has 7 heteroatoms. The quantitative estimate of drug-likeness (QED) is 0.743. The van der Waals surface area contributed by atoms with Crippen LogP contribution in [0.3, 0.4) is 0 Å². The molecule has 1 aliphatic rings. The van der Waals surface area contributed by atoms with E-state index in [-0.39, 0.29) is 18.5 Å². The molecule has 1 atom stereocenters. The van der Waals surface area contributed by atoms with Gasteiger partial charge in [-0.15, -0.1) is 0 Å². The number of carbonyl (C=O) groups is 2. The minimum absolute atomic E-state index is 0.0456. The third kappa shape index (κ3) is 3.83. The van der Waals surface area contributed by atoms with Crippen molar-refractivity contribution in [3.8, 4) is 0 Å². The first-order valence-corrected chi connectivity index (χ1v) is 7.14. The molecule has 1 heterocycles. The van der Waals surface area contributed by atoms with E-state index < -0.39 is 6.10 Å². The van der Waals surface area contributed by atoms with Gasteiger partial charge in [0.2, 0.25) is 0 Å². The zero-order valence-corrected chi connectivity index (χ0v) is 12.7. The van der Waals surface area contributed by atoms with E-state index in [1.54, 1.807) is 14.7 Å². The molecule has 116 valence electrons. The maximum absolute atomic E-state index is 12.2. The average Bonchev–Trinajstić information content (AvgIpc) is 2.49. The molecular formula is C13H26N4O3. The number of hydrogen-bond acceptors (Lipinski definition) is 4. The van der Waals surface area contributed by atoms with Crippen LogP contribution in [-0.4, -0.2) is 85.7 Å². The van der Waals surface area contributed by atoms with Gasteiger partial charge in [0.1, 0.15) is 6.10 Å². The Morgan fingerprint density at radius 3 is 2.05 bits per heavy atom. The molecule has 1 aliphatic heterocycles. The molecule has 7 nitrogen and oxygen atoms in total. The maximum Gasteiger partial charge on any atom is 0.320 e. The molecule has 3 amide bonds. The number of methoxy groups -OCH3 is 1. The molecule has 0 saturated carbocycles. The highest BCUT2D eigenvalue weighted by Gasteiger charge is 2.29. The van der Waals surface area contributed by atoms with Gasteiger partial charge >= 0.3 is 6.03 Å². The lowest BCUT2D eigenvalue weighted by Gasteiger charge is -2.38. The summed E-state index contributed by atoms with van der Waals surface area (Å²) in [5, 5.41) is 0. The largest absolute Gasteiger partial charge is 0.370 e. The molecule has 0 bridgehead atoms. The minimum atomic E-state index is -0.583. The molecular weight excluding hydrogens is 260 g/mol. The molecule has 1 fully saturated rings. The van der Waals surface area contributed by atoms with E-state index in [4.69, 9.17) is 10.5 Å². The van der Waals surface area contributed by atoms with Crippen LogP contribution < -0.4 is 5.73 Å². The van der Waals surface area contributed by atoms with Gasteiger partial charge < -0.3 is 25.2 Å². The zero-order chi connectivity index (χ0) is 15.1. The van der Waals surface area contributed by atoms with Gasteiger partial charge in [-0.2, -0.15) is 0 Å². The van der Waals surface area contributed by atoms with Crippen molar-refractivity contribution in [2.75, 3.05) is 52.9 Å². The van der Waals surface area contributed by atoms with Crippen LogP contribution in [0.5, 0.6) is 0 Å². The Morgan fingerprint density at radius 1 is 1.15 bits per heavy atom. The van der Waals surface area contributed by atoms with E-state index in [0.29, 0.717) is 39.3 Å². The third-order valence-corrected chi connectivity index (χ3v) is 3.67. The average molecular weight is 286 g/mol. The zero-order valence-electron chi connectivity index (χ0n) is 12.7. The van der Waals surface area contributed by atoms with Crippen LogP contribution in [0, 0.1) is 0 Å². The van der Waals surface area contributed by atoms with Crippen LogP contribution in [0.4, 0.5) is 4.79 Å². The van der Waals surface area contributed by atoms with E-state index in [0.717, 1.165) is 0 Å². The fraction of sp³-hybridized carbons (Fsp3) is 0.846. The van der Waals surface area contributed by atoms with E-state index in [9.17, 15) is 9.59 Å². The van der Waals surface area contributed by atoms with Crippen molar-refractivity contribution in [2.24, 2.45) is 5.73 Å². The summed E-state index contributed by atoms with van der Waals surface area (Å²) in [7, 11) is 1.48. The fourth-order valence-corrected chi connectivity index (χ4v) is 2.31. The summed E-state index contributed by atoms with van der Waals surface area (Å²) >= 11 is 0. The number of nitrogens with zero attached hydrogens (tertiary/aromatic N) is 3. The van der Waals surface area contributed by atoms with Crippen LogP contribution in [0.2, 0.25) is 0 Å². The van der Waals surface area contributed by atoms with Crippen LogP contribution >= 0.6 is 0 Å². The predicted octanol–water partition coefficient (Wildman–Crippen LogP) is -0.434. The number of rotatable bonds is 5. The van der Waals surface area contributed by atoms with Crippen molar-refractivity contribution in [2.45, 2.75) is 20.0 Å². The van der Waals surface area contributed by atoms with Gasteiger partial charge in [-0.1, -0.05) is 0 Å². The standard InChI is InChI=1S/C13H26N4O3/c1-4-15(5-2)13(19)17-8-6-16(7-9-17)12(18)11(10-14)20-3/h11H,4-10,14H2,1-3H3. The second-order valence-electron chi connectivity index (χ2n) is 4.73. The molecule has 20 heavy (non-hydrogen) atoms. The highest BCUT2D eigenvalue weighted by atomic mass is 16.5. The highest BCUT2D eigenvalue weighted by Crippen LogP contribution is 2.08. The molecule has 2 N–H and O–H groups in total. The van der Waals surface area contributed by atoms with Gasteiger partial charge in [0, 0.05) is 52.9 Å². The maximum atomic E-state index is 12.2. The highest BCUT2D eigenvalue weighted by molar-refractivity contribution is 5.81. The second-order valence-corrected chi connectivity index (χ2v) is 4.73. The fourth-order valence-electron chi connectivity index (χ4n) is 2.31. The molecule has 1 rings (SSSR count). The first-order chi connectivity index (χ1) is 9.58. The Kier molecular flexibility index (Phi) is 6.74. The lowest BCUT2D eigenvalue weighted by Crippen LogP contribution is -2.56. The number of hydrogen-bond donors (Lipinski definition) is 1. The molecule has 0 aromatic carbocycles. The van der Waals surface area contributed by atoms with Gasteiger partial charge in [0.05, 0.1) is 0 Å². The Bertz CT molecular complexity index is 290. The van der Waals surface area contributed by atoms with Crippen molar-refractivity contribution in [1.82, 2.24) is 14.7 Å². The number of amides is 3. The summed E-state index contributed by atoms with van der Waals surface area (Å²) in [5.74, 6) is -0.0926. The normalized spacial score (nSPS) is 17.0. The van der Waals surface area contributed by atoms with Gasteiger partial charge in [-0.3, -0.25) is 4.79 Å². The number of piperazine rings is 1. The van der Waals surface area contributed by atoms with Gasteiger partial charge in [0.15, 0.2) is 0 Å². The number of ether oxygens (including phenoxy) is 1. The van der Waals surface area contributed by atoms with Gasteiger partial charge in [0.25, 0.3) is 5.91 Å². The number of nitrogens with two attached hydrogens (primary N) is 1. The summed E-state index contributed by atoms with van der Waals surface area (Å²) in [4.78, 5) is 29.6. The lowest BCUT2D eigenvalue weighted by molar-refractivity contribution is -0.142. The summed E-state index contributed by atoms with van der Waals surface area (Å²) in [5.41, 5.74) is 5.50. The second kappa shape index (κ2) is 8.06. The Hall–Kier alpha value is -1.34. The molecule has 0 aliphatic carbocycles. The molecule has 0 spiro atoms. The van der Waals surface area contributed by atoms with Crippen LogP contribution in [0.1, 0.15) is 13.8 Å². The van der Waals surface area contributed by atoms with Crippen molar-refractivity contribution in [1.29, 1.82) is 0 Å². The Balaban J connectivity index is 2.51. The number of urea groups is 1. The van der Waals surface area contributed by atoms with Crippen molar-refractivity contribution < 1.29 is 14.3 Å². The monoisotopic (exact) mass is 286 g/mol. The molecule has 1 unspecified atom stereocenters. The predicted molar refractivity (Wildman–Crippen MR) is 76.3 cm³/mol. The summed E-state index contributed by atoms with van der Waals surface area (Å²) in [6.45, 7) is 7.69. The smallest absolute Gasteiger partial charge is 0.320 e. The molecule has 0 radical (unpaired) electrons. The van der Waals surface area contributed by atoms with Crippen molar-refractivity contribution in [3.63, 3.8) is 0 Å². The van der Waals surface area contributed by atoms with Crippen LogP contribution in [0.25, 0.3) is 0 Å². The van der Waals surface area contributed by atoms with Crippen molar-refractivity contribution >= 4 is 11.9 Å². The topological polar surface area (TPSA) is 79.1 Å². The third-order valence-electron chi connectivity index (χ3n) is 3.67. The Labute approximate surface area is 120 Å². The van der Waals surface area contributed by atoms with Crippen molar-refractivity contribution in [3.05, 3.63) is 0 Å². The molecule has 1 saturated heterocycles. The van der Waals surface area contributed by atoms with Gasteiger partial charge in [-0.05, 0) is 13.8 Å². The number of carbonyl (C=O) groups excluding carboxylic acids is 2. The first-order valence-electron chi connectivity index (χ1n) is 7.14. The van der Waals surface area contributed by atoms with E-state index in [2.05, 4.69) is 0 Å². The molecule has 0 aromatic rings. The van der Waals surface area contributed by atoms with Gasteiger partial charge in [-0.25, -0.2) is 4.79 Å². The van der Waals surface area contributed by atoms with E-state index >= 15 is 0 Å². The first kappa shape index (κ1) is 16.7. The molecule has 0 aromatic heterocycles. The van der Waals surface area contributed by atoms with Crippen LogP contribution in [0.15, 0.2) is 0 Å². The van der Waals surface area contributed by atoms with E-state index in [1.807, 2.05) is 13.8 Å². The minimum Gasteiger partial charge on any atom is -0.370 e. The summed E-state index contributed by atoms with van der Waals surface area (Å²) in [6, 6.07) is 0.0456. The summed E-state index contributed by atoms with van der Waals surface area (Å²) in [6.07, 6.45) is -0.583.